The van der Waals surface area contributed by atoms with Gasteiger partial charge in [-0.1, -0.05) is 38.8 Å². The van der Waals surface area contributed by atoms with Gasteiger partial charge in [0, 0.05) is 6.04 Å². The van der Waals surface area contributed by atoms with E-state index in [2.05, 4.69) is 32.7 Å². The predicted molar refractivity (Wildman–Crippen MR) is 61.0 cm³/mol. The Labute approximate surface area is 83.6 Å². The first-order valence-electron chi connectivity index (χ1n) is 5.49. The Bertz CT molecular complexity index is 134. The lowest BCUT2D eigenvalue weighted by molar-refractivity contribution is 0.357. The fraction of sp³-hybridized carbons (Fsp3) is 0.833. The minimum Gasteiger partial charge on any atom is -0.313 e. The van der Waals surface area contributed by atoms with Crippen LogP contribution in [-0.2, 0) is 0 Å². The molecule has 0 amide bonds. The largest absolute Gasteiger partial charge is 0.313 e. The second kappa shape index (κ2) is 7.14. The van der Waals surface area contributed by atoms with Crippen molar-refractivity contribution >= 4 is 0 Å². The van der Waals surface area contributed by atoms with Gasteiger partial charge in [-0.2, -0.15) is 0 Å². The molecule has 0 spiro atoms. The normalized spacial score (nSPS) is 13.3. The molecule has 0 rings (SSSR count). The Morgan fingerprint density at radius 3 is 1.92 bits per heavy atom. The Balaban J connectivity index is 4.20. The van der Waals surface area contributed by atoms with Gasteiger partial charge in [0.1, 0.15) is 0 Å². The van der Waals surface area contributed by atoms with E-state index in [9.17, 15) is 0 Å². The third kappa shape index (κ3) is 4.47. The summed E-state index contributed by atoms with van der Waals surface area (Å²) < 4.78 is 0. The molecule has 0 aliphatic carbocycles. The topological polar surface area (TPSA) is 12.0 Å². The maximum atomic E-state index is 4.05. The van der Waals surface area contributed by atoms with E-state index in [1.165, 1.54) is 31.3 Å². The molecule has 0 radical (unpaired) electrons. The number of rotatable bonds is 7. The molecule has 1 atom stereocenters. The lowest BCUT2D eigenvalue weighted by Crippen LogP contribution is -2.34. The molecule has 1 heteroatoms. The molecule has 0 aliphatic rings. The Morgan fingerprint density at radius 2 is 1.69 bits per heavy atom. The minimum absolute atomic E-state index is 0.514. The van der Waals surface area contributed by atoms with Crippen molar-refractivity contribution in [2.24, 2.45) is 5.92 Å². The third-order valence-electron chi connectivity index (χ3n) is 2.63. The van der Waals surface area contributed by atoms with Crippen LogP contribution < -0.4 is 5.32 Å². The van der Waals surface area contributed by atoms with E-state index in [0.29, 0.717) is 6.04 Å². The highest BCUT2D eigenvalue weighted by molar-refractivity contribution is 5.03. The van der Waals surface area contributed by atoms with Gasteiger partial charge >= 0.3 is 0 Å². The fourth-order valence-electron chi connectivity index (χ4n) is 2.10. The smallest absolute Gasteiger partial charge is 0.0299 e. The van der Waals surface area contributed by atoms with E-state index >= 15 is 0 Å². The van der Waals surface area contributed by atoms with Gasteiger partial charge in [0.15, 0.2) is 0 Å². The second-order valence-corrected chi connectivity index (χ2v) is 3.95. The fourth-order valence-corrected chi connectivity index (χ4v) is 2.10. The molecule has 0 aromatic rings. The summed E-state index contributed by atoms with van der Waals surface area (Å²) in [5.74, 6) is 0.775. The molecule has 0 saturated carbocycles. The first kappa shape index (κ1) is 12.7. The molecule has 0 aliphatic heterocycles. The molecule has 1 N–H and O–H groups in total. The van der Waals surface area contributed by atoms with Gasteiger partial charge in [0.25, 0.3) is 0 Å². The van der Waals surface area contributed by atoms with Crippen molar-refractivity contribution < 1.29 is 0 Å². The molecular formula is C12H25N. The maximum absolute atomic E-state index is 4.05. The van der Waals surface area contributed by atoms with E-state index in [4.69, 9.17) is 0 Å². The van der Waals surface area contributed by atoms with Gasteiger partial charge < -0.3 is 5.32 Å². The molecule has 0 saturated heterocycles. The van der Waals surface area contributed by atoms with Gasteiger partial charge in [0.05, 0.1) is 0 Å². The van der Waals surface area contributed by atoms with Gasteiger partial charge in [-0.05, 0) is 32.7 Å². The molecule has 0 fully saturated rings. The van der Waals surface area contributed by atoms with E-state index in [1.54, 1.807) is 0 Å². The standard InChI is InChI=1S/C12H25N/c1-6-8-11(9-7-2)12(13-5)10(3)4/h11-13H,3,6-9H2,1-2,4-5H3. The van der Waals surface area contributed by atoms with Crippen molar-refractivity contribution in [3.8, 4) is 0 Å². The van der Waals surface area contributed by atoms with Gasteiger partial charge in [-0.3, -0.25) is 0 Å². The number of nitrogens with one attached hydrogen (secondary N) is 1. The lowest BCUT2D eigenvalue weighted by atomic mass is 9.87. The molecule has 0 bridgehead atoms. The first-order chi connectivity index (χ1) is 6.17. The van der Waals surface area contributed by atoms with Crippen molar-refractivity contribution in [3.63, 3.8) is 0 Å². The quantitative estimate of drug-likeness (QED) is 0.597. The predicted octanol–water partition coefficient (Wildman–Crippen LogP) is 3.37. The molecule has 1 unspecified atom stereocenters. The van der Waals surface area contributed by atoms with Crippen LogP contribution in [-0.4, -0.2) is 13.1 Å². The zero-order valence-corrected chi connectivity index (χ0v) is 9.69. The van der Waals surface area contributed by atoms with Crippen LogP contribution in [0, 0.1) is 5.92 Å². The van der Waals surface area contributed by atoms with Gasteiger partial charge in [-0.15, -0.1) is 0 Å². The Kier molecular flexibility index (Phi) is 6.97. The molecule has 0 aromatic heterocycles. The van der Waals surface area contributed by atoms with Crippen molar-refractivity contribution in [3.05, 3.63) is 12.2 Å². The summed E-state index contributed by atoms with van der Waals surface area (Å²) in [5.41, 5.74) is 1.27. The average Bonchev–Trinajstić information content (AvgIpc) is 2.05. The summed E-state index contributed by atoms with van der Waals surface area (Å²) >= 11 is 0. The van der Waals surface area contributed by atoms with Crippen molar-refractivity contribution in [1.82, 2.24) is 5.32 Å². The SMILES string of the molecule is C=C(C)C(NC)C(CCC)CCC. The number of hydrogen-bond donors (Lipinski definition) is 1. The lowest BCUT2D eigenvalue weighted by Gasteiger charge is -2.26. The average molecular weight is 183 g/mol. The Morgan fingerprint density at radius 1 is 1.23 bits per heavy atom. The van der Waals surface area contributed by atoms with Crippen LogP contribution in [0.15, 0.2) is 12.2 Å². The van der Waals surface area contributed by atoms with E-state index in [1.807, 2.05) is 7.05 Å². The van der Waals surface area contributed by atoms with Crippen LogP contribution in [0.5, 0.6) is 0 Å². The van der Waals surface area contributed by atoms with E-state index < -0.39 is 0 Å². The van der Waals surface area contributed by atoms with Crippen LogP contribution in [0.1, 0.15) is 46.5 Å². The van der Waals surface area contributed by atoms with Crippen molar-refractivity contribution in [2.45, 2.75) is 52.5 Å². The van der Waals surface area contributed by atoms with Crippen molar-refractivity contribution in [2.75, 3.05) is 7.05 Å². The Hall–Kier alpha value is -0.300. The summed E-state index contributed by atoms with van der Waals surface area (Å²) in [6.07, 6.45) is 5.17. The summed E-state index contributed by atoms with van der Waals surface area (Å²) in [6, 6.07) is 0.514. The van der Waals surface area contributed by atoms with Crippen LogP contribution in [0.2, 0.25) is 0 Å². The summed E-state index contributed by atoms with van der Waals surface area (Å²) in [7, 11) is 2.04. The number of hydrogen-bond acceptors (Lipinski definition) is 1. The molecular weight excluding hydrogens is 158 g/mol. The summed E-state index contributed by atoms with van der Waals surface area (Å²) in [5, 5.41) is 3.37. The van der Waals surface area contributed by atoms with Crippen LogP contribution in [0.4, 0.5) is 0 Å². The van der Waals surface area contributed by atoms with Crippen LogP contribution in [0.3, 0.4) is 0 Å². The minimum atomic E-state index is 0.514. The van der Waals surface area contributed by atoms with Crippen LogP contribution in [0.25, 0.3) is 0 Å². The van der Waals surface area contributed by atoms with E-state index in [0.717, 1.165) is 5.92 Å². The first-order valence-corrected chi connectivity index (χ1v) is 5.49. The third-order valence-corrected chi connectivity index (χ3v) is 2.63. The highest BCUT2D eigenvalue weighted by Gasteiger charge is 2.18. The molecule has 78 valence electrons. The number of likely N-dealkylation sites (N-methyl/N-ethyl adjacent to an activating group) is 1. The summed E-state index contributed by atoms with van der Waals surface area (Å²) in [6.45, 7) is 10.7. The molecule has 0 aromatic carbocycles. The summed E-state index contributed by atoms with van der Waals surface area (Å²) in [4.78, 5) is 0. The van der Waals surface area contributed by atoms with Crippen molar-refractivity contribution in [1.29, 1.82) is 0 Å². The van der Waals surface area contributed by atoms with Crippen LogP contribution >= 0.6 is 0 Å². The zero-order chi connectivity index (χ0) is 10.3. The molecule has 1 nitrogen and oxygen atoms in total. The maximum Gasteiger partial charge on any atom is 0.0299 e. The molecule has 13 heavy (non-hydrogen) atoms. The highest BCUT2D eigenvalue weighted by Crippen LogP contribution is 2.21. The zero-order valence-electron chi connectivity index (χ0n) is 9.69. The second-order valence-electron chi connectivity index (χ2n) is 3.95. The van der Waals surface area contributed by atoms with Gasteiger partial charge in [0.2, 0.25) is 0 Å². The monoisotopic (exact) mass is 183 g/mol. The van der Waals surface area contributed by atoms with E-state index in [-0.39, 0.29) is 0 Å². The van der Waals surface area contributed by atoms with Gasteiger partial charge in [-0.25, -0.2) is 0 Å². The molecule has 0 heterocycles. The highest BCUT2D eigenvalue weighted by atomic mass is 14.9.